The third-order valence-electron chi connectivity index (χ3n) is 2.22. The average molecular weight is 213 g/mol. The highest BCUT2D eigenvalue weighted by Crippen LogP contribution is 2.22. The summed E-state index contributed by atoms with van der Waals surface area (Å²) in [6, 6.07) is 1.41. The van der Waals surface area contributed by atoms with E-state index in [0.717, 1.165) is 24.2 Å². The molecular weight excluding hydrogens is 204 g/mol. The van der Waals surface area contributed by atoms with Crippen molar-refractivity contribution in [3.8, 4) is 0 Å². The van der Waals surface area contributed by atoms with E-state index < -0.39 is 5.97 Å². The van der Waals surface area contributed by atoms with E-state index in [2.05, 4.69) is 10.3 Å². The van der Waals surface area contributed by atoms with Gasteiger partial charge < -0.3 is 10.4 Å². The minimum atomic E-state index is -1.04. The molecule has 14 heavy (non-hydrogen) atoms. The SMILES string of the molecule is O=C(O)c1cc(Cl)c2c(n1)CNCC2. The number of fused-ring (bicyclic) bond motifs is 1. The summed E-state index contributed by atoms with van der Waals surface area (Å²) in [6.45, 7) is 1.46. The normalized spacial score (nSPS) is 14.9. The van der Waals surface area contributed by atoms with E-state index >= 15 is 0 Å². The predicted octanol–water partition coefficient (Wildman–Crippen LogP) is 1.08. The molecule has 1 aliphatic rings. The van der Waals surface area contributed by atoms with Gasteiger partial charge in [-0.05, 0) is 24.6 Å². The van der Waals surface area contributed by atoms with Crippen LogP contribution in [-0.2, 0) is 13.0 Å². The molecule has 0 amide bonds. The molecule has 0 unspecified atom stereocenters. The molecule has 2 heterocycles. The molecule has 2 rings (SSSR count). The molecule has 2 N–H and O–H groups in total. The van der Waals surface area contributed by atoms with Gasteiger partial charge in [0.2, 0.25) is 0 Å². The van der Waals surface area contributed by atoms with E-state index in [9.17, 15) is 4.79 Å². The van der Waals surface area contributed by atoms with E-state index in [1.54, 1.807) is 0 Å². The van der Waals surface area contributed by atoms with Crippen LogP contribution in [0.25, 0.3) is 0 Å². The number of hydrogen-bond donors (Lipinski definition) is 2. The first-order valence-electron chi connectivity index (χ1n) is 4.31. The number of carbonyl (C=O) groups is 1. The summed E-state index contributed by atoms with van der Waals surface area (Å²) in [5, 5.41) is 12.4. The fraction of sp³-hybridized carbons (Fsp3) is 0.333. The molecule has 0 saturated heterocycles. The van der Waals surface area contributed by atoms with Crippen molar-refractivity contribution in [2.45, 2.75) is 13.0 Å². The van der Waals surface area contributed by atoms with Gasteiger partial charge in [0.1, 0.15) is 5.69 Å². The number of carboxylic acid groups (broad SMARTS) is 1. The topological polar surface area (TPSA) is 62.2 Å². The van der Waals surface area contributed by atoms with Crippen LogP contribution in [0.2, 0.25) is 5.02 Å². The molecular formula is C9H9ClN2O2. The van der Waals surface area contributed by atoms with Gasteiger partial charge >= 0.3 is 5.97 Å². The minimum Gasteiger partial charge on any atom is -0.477 e. The zero-order valence-electron chi connectivity index (χ0n) is 7.38. The summed E-state index contributed by atoms with van der Waals surface area (Å²) in [5.74, 6) is -1.04. The highest BCUT2D eigenvalue weighted by atomic mass is 35.5. The van der Waals surface area contributed by atoms with Crippen molar-refractivity contribution in [2.75, 3.05) is 6.54 Å². The van der Waals surface area contributed by atoms with Gasteiger partial charge in [-0.25, -0.2) is 9.78 Å². The minimum absolute atomic E-state index is 0.0115. The molecule has 0 aromatic carbocycles. The van der Waals surface area contributed by atoms with Crippen molar-refractivity contribution >= 4 is 17.6 Å². The van der Waals surface area contributed by atoms with Crippen molar-refractivity contribution < 1.29 is 9.90 Å². The maximum atomic E-state index is 10.7. The molecule has 1 aliphatic heterocycles. The van der Waals surface area contributed by atoms with Crippen LogP contribution in [-0.4, -0.2) is 22.6 Å². The fourth-order valence-corrected chi connectivity index (χ4v) is 1.84. The Bertz CT molecular complexity index is 393. The molecule has 0 bridgehead atoms. The first kappa shape index (κ1) is 9.43. The van der Waals surface area contributed by atoms with Crippen LogP contribution in [0.4, 0.5) is 0 Å². The molecule has 0 saturated carbocycles. The van der Waals surface area contributed by atoms with Crippen molar-refractivity contribution in [1.82, 2.24) is 10.3 Å². The van der Waals surface area contributed by atoms with E-state index in [-0.39, 0.29) is 5.69 Å². The lowest BCUT2D eigenvalue weighted by Gasteiger charge is -2.17. The second-order valence-corrected chi connectivity index (χ2v) is 3.55. The maximum Gasteiger partial charge on any atom is 0.354 e. The summed E-state index contributed by atoms with van der Waals surface area (Å²) in [7, 11) is 0. The lowest BCUT2D eigenvalue weighted by molar-refractivity contribution is 0.0690. The van der Waals surface area contributed by atoms with Crippen molar-refractivity contribution in [3.63, 3.8) is 0 Å². The molecule has 0 aliphatic carbocycles. The summed E-state index contributed by atoms with van der Waals surface area (Å²) >= 11 is 5.96. The molecule has 0 fully saturated rings. The molecule has 4 nitrogen and oxygen atoms in total. The Hall–Kier alpha value is -1.13. The van der Waals surface area contributed by atoms with E-state index in [1.807, 2.05) is 0 Å². The number of pyridine rings is 1. The average Bonchev–Trinajstić information content (AvgIpc) is 2.17. The summed E-state index contributed by atoms with van der Waals surface area (Å²) < 4.78 is 0. The number of rotatable bonds is 1. The van der Waals surface area contributed by atoms with E-state index in [4.69, 9.17) is 16.7 Å². The van der Waals surface area contributed by atoms with Crippen LogP contribution in [0.3, 0.4) is 0 Å². The molecule has 0 atom stereocenters. The summed E-state index contributed by atoms with van der Waals surface area (Å²) in [5.41, 5.74) is 1.73. The lowest BCUT2D eigenvalue weighted by atomic mass is 10.1. The number of halogens is 1. The number of aromatic carboxylic acids is 1. The van der Waals surface area contributed by atoms with Crippen molar-refractivity contribution in [1.29, 1.82) is 0 Å². The van der Waals surface area contributed by atoms with Gasteiger partial charge in [0.25, 0.3) is 0 Å². The number of hydrogen-bond acceptors (Lipinski definition) is 3. The zero-order valence-corrected chi connectivity index (χ0v) is 8.14. The fourth-order valence-electron chi connectivity index (χ4n) is 1.53. The predicted molar refractivity (Wildman–Crippen MR) is 51.6 cm³/mol. The maximum absolute atomic E-state index is 10.7. The number of nitrogens with one attached hydrogen (secondary N) is 1. The highest BCUT2D eigenvalue weighted by molar-refractivity contribution is 6.31. The van der Waals surface area contributed by atoms with Crippen LogP contribution in [0.1, 0.15) is 21.7 Å². The Labute approximate surface area is 85.9 Å². The van der Waals surface area contributed by atoms with Gasteiger partial charge in [0.05, 0.1) is 5.69 Å². The Balaban J connectivity index is 2.51. The Morgan fingerprint density at radius 3 is 3.14 bits per heavy atom. The molecule has 74 valence electrons. The lowest BCUT2D eigenvalue weighted by Crippen LogP contribution is -2.25. The van der Waals surface area contributed by atoms with E-state index in [1.165, 1.54) is 6.07 Å². The largest absolute Gasteiger partial charge is 0.477 e. The van der Waals surface area contributed by atoms with Gasteiger partial charge in [0, 0.05) is 11.6 Å². The third kappa shape index (κ3) is 1.58. The van der Waals surface area contributed by atoms with Gasteiger partial charge in [-0.15, -0.1) is 0 Å². The molecule has 1 aromatic heterocycles. The first-order valence-corrected chi connectivity index (χ1v) is 4.68. The summed E-state index contributed by atoms with van der Waals surface area (Å²) in [4.78, 5) is 14.7. The van der Waals surface area contributed by atoms with Crippen molar-refractivity contribution in [3.05, 3.63) is 28.0 Å². The molecule has 0 radical (unpaired) electrons. The van der Waals surface area contributed by atoms with Crippen LogP contribution in [0.15, 0.2) is 6.07 Å². The second kappa shape index (κ2) is 3.55. The van der Waals surface area contributed by atoms with Crippen LogP contribution < -0.4 is 5.32 Å². The van der Waals surface area contributed by atoms with Gasteiger partial charge in [0.15, 0.2) is 0 Å². The standard InChI is InChI=1S/C9H9ClN2O2/c10-6-3-7(9(13)14)12-8-4-11-2-1-5(6)8/h3,11H,1-2,4H2,(H,13,14). The Kier molecular flexibility index (Phi) is 2.39. The second-order valence-electron chi connectivity index (χ2n) is 3.15. The van der Waals surface area contributed by atoms with Gasteiger partial charge in [-0.3, -0.25) is 0 Å². The van der Waals surface area contributed by atoms with Crippen molar-refractivity contribution in [2.24, 2.45) is 0 Å². The number of nitrogens with zero attached hydrogens (tertiary/aromatic N) is 1. The molecule has 1 aromatic rings. The van der Waals surface area contributed by atoms with Crippen LogP contribution in [0.5, 0.6) is 0 Å². The van der Waals surface area contributed by atoms with Gasteiger partial charge in [-0.2, -0.15) is 0 Å². The van der Waals surface area contributed by atoms with Gasteiger partial charge in [-0.1, -0.05) is 11.6 Å². The Morgan fingerprint density at radius 1 is 1.64 bits per heavy atom. The monoisotopic (exact) mass is 212 g/mol. The third-order valence-corrected chi connectivity index (χ3v) is 2.56. The summed E-state index contributed by atoms with van der Waals surface area (Å²) in [6.07, 6.45) is 0.807. The smallest absolute Gasteiger partial charge is 0.354 e. The molecule has 5 heteroatoms. The Morgan fingerprint density at radius 2 is 2.43 bits per heavy atom. The number of carboxylic acids is 1. The number of aromatic nitrogens is 1. The first-order chi connectivity index (χ1) is 6.68. The van der Waals surface area contributed by atoms with Crippen LogP contribution >= 0.6 is 11.6 Å². The van der Waals surface area contributed by atoms with E-state index in [0.29, 0.717) is 11.6 Å². The molecule has 0 spiro atoms. The quantitative estimate of drug-likeness (QED) is 0.731. The van der Waals surface area contributed by atoms with Crippen LogP contribution in [0, 0.1) is 0 Å². The zero-order chi connectivity index (χ0) is 10.1. The highest BCUT2D eigenvalue weighted by Gasteiger charge is 2.17.